The Bertz CT molecular complexity index is 2960. The first-order valence-electron chi connectivity index (χ1n) is 19.4. The maximum absolute atomic E-state index is 3.88. The Labute approximate surface area is 325 Å². The van der Waals surface area contributed by atoms with Crippen LogP contribution in [-0.2, 0) is 0 Å². The van der Waals surface area contributed by atoms with E-state index in [1.807, 2.05) is 0 Å². The van der Waals surface area contributed by atoms with Gasteiger partial charge in [-0.3, -0.25) is 16.0 Å². The van der Waals surface area contributed by atoms with Gasteiger partial charge in [-0.25, -0.2) is 0 Å². The zero-order chi connectivity index (χ0) is 37.0. The van der Waals surface area contributed by atoms with Crippen molar-refractivity contribution in [2.45, 2.75) is 18.5 Å². The highest BCUT2D eigenvalue weighted by Crippen LogP contribution is 2.41. The Balaban J connectivity index is 1.10. The number of aromatic nitrogens is 2. The normalized spacial score (nSPS) is 17.2. The first-order valence-corrected chi connectivity index (χ1v) is 19.4. The lowest BCUT2D eigenvalue weighted by Gasteiger charge is -2.39. The molecule has 0 amide bonds. The molecule has 0 radical (unpaired) electrons. The fraction of sp³-hybridized carbons (Fsp3) is 0.0588. The average molecular weight is 722 g/mol. The van der Waals surface area contributed by atoms with Crippen LogP contribution in [0.2, 0.25) is 0 Å². The molecular weight excluding hydrogens is 683 g/mol. The van der Waals surface area contributed by atoms with Gasteiger partial charge < -0.3 is 9.13 Å². The van der Waals surface area contributed by atoms with Gasteiger partial charge in [0.2, 0.25) is 0 Å². The van der Waals surface area contributed by atoms with Gasteiger partial charge in [0.05, 0.1) is 40.6 Å². The van der Waals surface area contributed by atoms with E-state index in [0.717, 1.165) is 11.4 Å². The van der Waals surface area contributed by atoms with E-state index in [1.165, 1.54) is 71.4 Å². The Hall–Kier alpha value is -6.76. The van der Waals surface area contributed by atoms with E-state index < -0.39 is 0 Å². The molecule has 1 saturated heterocycles. The molecule has 3 N–H and O–H groups in total. The third kappa shape index (κ3) is 5.52. The zero-order valence-electron chi connectivity index (χ0n) is 30.7. The highest BCUT2D eigenvalue weighted by atomic mass is 15.4. The third-order valence-corrected chi connectivity index (χ3v) is 11.4. The molecule has 3 heterocycles. The van der Waals surface area contributed by atoms with E-state index in [0.29, 0.717) is 0 Å². The predicted molar refractivity (Wildman–Crippen MR) is 231 cm³/mol. The number of rotatable bonds is 6. The summed E-state index contributed by atoms with van der Waals surface area (Å²) in [6, 6.07) is 72.3. The fourth-order valence-electron chi connectivity index (χ4n) is 8.78. The van der Waals surface area contributed by atoms with Crippen molar-refractivity contribution in [3.8, 4) is 22.5 Å². The monoisotopic (exact) mass is 721 g/mol. The number of fused-ring (bicyclic) bond motifs is 6. The molecule has 0 saturated carbocycles. The zero-order valence-corrected chi connectivity index (χ0v) is 30.7. The van der Waals surface area contributed by atoms with Gasteiger partial charge in [-0.05, 0) is 76.3 Å². The molecule has 56 heavy (non-hydrogen) atoms. The van der Waals surface area contributed by atoms with Crippen LogP contribution < -0.4 is 16.0 Å². The smallest absolute Gasteiger partial charge is 0.0865 e. The number of hydrogen-bond acceptors (Lipinski definition) is 3. The van der Waals surface area contributed by atoms with Crippen molar-refractivity contribution in [3.63, 3.8) is 0 Å². The predicted octanol–water partition coefficient (Wildman–Crippen LogP) is 11.7. The van der Waals surface area contributed by atoms with Gasteiger partial charge in [-0.1, -0.05) is 152 Å². The minimum Gasteiger partial charge on any atom is -0.309 e. The van der Waals surface area contributed by atoms with E-state index in [4.69, 9.17) is 0 Å². The second-order valence-electron chi connectivity index (χ2n) is 14.7. The van der Waals surface area contributed by atoms with Crippen molar-refractivity contribution in [3.05, 3.63) is 217 Å². The summed E-state index contributed by atoms with van der Waals surface area (Å²) in [5, 5.41) is 16.5. The number of benzene rings is 8. The van der Waals surface area contributed by atoms with Crippen LogP contribution >= 0.6 is 0 Å². The molecule has 268 valence electrons. The van der Waals surface area contributed by atoms with E-state index in [2.05, 4.69) is 225 Å². The minimum atomic E-state index is -0.106. The first-order chi connectivity index (χ1) is 27.8. The second-order valence-corrected chi connectivity index (χ2v) is 14.7. The fourth-order valence-corrected chi connectivity index (χ4v) is 8.78. The van der Waals surface area contributed by atoms with E-state index >= 15 is 0 Å². The van der Waals surface area contributed by atoms with Crippen molar-refractivity contribution < 1.29 is 0 Å². The van der Waals surface area contributed by atoms with Crippen LogP contribution in [0, 0.1) is 0 Å². The lowest BCUT2D eigenvalue weighted by molar-refractivity contribution is 0.203. The molecule has 8 aromatic carbocycles. The van der Waals surface area contributed by atoms with Crippen molar-refractivity contribution >= 4 is 43.6 Å². The molecule has 5 nitrogen and oxygen atoms in total. The second kappa shape index (κ2) is 13.5. The van der Waals surface area contributed by atoms with Crippen LogP contribution in [-0.4, -0.2) is 9.13 Å². The highest BCUT2D eigenvalue weighted by molar-refractivity contribution is 6.19. The molecular formula is C51H39N5. The molecule has 1 aliphatic rings. The van der Waals surface area contributed by atoms with Crippen LogP contribution in [0.4, 0.5) is 0 Å². The van der Waals surface area contributed by atoms with Crippen molar-refractivity contribution in [1.29, 1.82) is 0 Å². The summed E-state index contributed by atoms with van der Waals surface area (Å²) in [4.78, 5) is 0. The average Bonchev–Trinajstić information content (AvgIpc) is 3.78. The summed E-state index contributed by atoms with van der Waals surface area (Å²) in [6.07, 6.45) is -0.189. The van der Waals surface area contributed by atoms with Crippen LogP contribution in [0.3, 0.4) is 0 Å². The topological polar surface area (TPSA) is 46.0 Å². The summed E-state index contributed by atoms with van der Waals surface area (Å²) in [7, 11) is 0. The molecule has 2 atom stereocenters. The number of para-hydroxylation sites is 2. The van der Waals surface area contributed by atoms with Crippen molar-refractivity contribution in [2.24, 2.45) is 0 Å². The largest absolute Gasteiger partial charge is 0.309 e. The lowest BCUT2D eigenvalue weighted by atomic mass is 10.0. The van der Waals surface area contributed by atoms with Gasteiger partial charge in [0.1, 0.15) is 0 Å². The van der Waals surface area contributed by atoms with Crippen LogP contribution in [0.1, 0.15) is 35.2 Å². The molecule has 2 unspecified atom stereocenters. The minimum absolute atomic E-state index is 0.0415. The maximum atomic E-state index is 3.88. The SMILES string of the molecule is c1ccc(-c2ccc3c4cc5c6ccccc6n(-c6cccc(C7NC(c8ccccc8)NC(c8ccccc8)N7)c6)c5cc4n(-c4ccccc4)c3c2)cc1. The Morgan fingerprint density at radius 3 is 1.43 bits per heavy atom. The number of nitrogens with zero attached hydrogens (tertiary/aromatic N) is 2. The molecule has 0 spiro atoms. The van der Waals surface area contributed by atoms with E-state index in [-0.39, 0.29) is 18.5 Å². The number of nitrogens with one attached hydrogen (secondary N) is 3. The Morgan fingerprint density at radius 1 is 0.286 bits per heavy atom. The van der Waals surface area contributed by atoms with Crippen LogP contribution in [0.15, 0.2) is 200 Å². The highest BCUT2D eigenvalue weighted by Gasteiger charge is 2.30. The Morgan fingerprint density at radius 2 is 0.768 bits per heavy atom. The molecule has 1 fully saturated rings. The first kappa shape index (κ1) is 32.7. The summed E-state index contributed by atoms with van der Waals surface area (Å²) >= 11 is 0. The molecule has 0 aliphatic carbocycles. The van der Waals surface area contributed by atoms with Gasteiger partial charge in [0.25, 0.3) is 0 Å². The molecule has 1 aliphatic heterocycles. The van der Waals surface area contributed by atoms with E-state index in [9.17, 15) is 0 Å². The van der Waals surface area contributed by atoms with Gasteiger partial charge in [0, 0.05) is 32.9 Å². The van der Waals surface area contributed by atoms with Gasteiger partial charge in [0.15, 0.2) is 0 Å². The summed E-state index contributed by atoms with van der Waals surface area (Å²) < 4.78 is 4.88. The summed E-state index contributed by atoms with van der Waals surface area (Å²) in [5.41, 5.74) is 13.0. The molecule has 2 aromatic heterocycles. The number of hydrogen-bond donors (Lipinski definition) is 3. The summed E-state index contributed by atoms with van der Waals surface area (Å²) in [6.45, 7) is 0. The van der Waals surface area contributed by atoms with Gasteiger partial charge in [-0.15, -0.1) is 0 Å². The van der Waals surface area contributed by atoms with Gasteiger partial charge >= 0.3 is 0 Å². The quantitative estimate of drug-likeness (QED) is 0.160. The molecule has 10 aromatic rings. The molecule has 5 heteroatoms. The van der Waals surface area contributed by atoms with Crippen molar-refractivity contribution in [2.75, 3.05) is 0 Å². The van der Waals surface area contributed by atoms with E-state index in [1.54, 1.807) is 0 Å². The molecule has 11 rings (SSSR count). The lowest BCUT2D eigenvalue weighted by Crippen LogP contribution is -2.54. The Kier molecular flexibility index (Phi) is 7.88. The van der Waals surface area contributed by atoms with Crippen LogP contribution in [0.25, 0.3) is 66.1 Å². The van der Waals surface area contributed by atoms with Gasteiger partial charge in [-0.2, -0.15) is 0 Å². The summed E-state index contributed by atoms with van der Waals surface area (Å²) in [5.74, 6) is 0. The van der Waals surface area contributed by atoms with Crippen LogP contribution in [0.5, 0.6) is 0 Å². The van der Waals surface area contributed by atoms with Crippen molar-refractivity contribution in [1.82, 2.24) is 25.1 Å². The molecule has 0 bridgehead atoms. The third-order valence-electron chi connectivity index (χ3n) is 11.4. The maximum Gasteiger partial charge on any atom is 0.0865 e. The standard InChI is InChI=1S/C51H39N5/c1-5-16-34(17-6-1)37-28-29-42-44-32-43-41-26-13-14-27-45(41)56(48(43)33-47(44)55(46(42)31-37)39-23-11-4-12-24-39)40-25-15-22-38(30-40)51-53-49(35-18-7-2-8-19-35)52-50(54-51)36-20-9-3-10-21-36/h1-33,49-54H.